The fourth-order valence-electron chi connectivity index (χ4n) is 5.11. The third-order valence-corrected chi connectivity index (χ3v) is 7.47. The number of nitrogens with one attached hydrogen (secondary N) is 3. The number of benzene rings is 1. The SMILES string of the molecule is C[C@@H](NC(=O)c1cn(C2(C(F)F)CC2)c(=O)cc1NC1[C@H]2CNC[C@@H]12)c1cccc(C(F)F)c1F.Cl. The quantitative estimate of drug-likeness (QED) is 0.445. The van der Waals surface area contributed by atoms with E-state index in [1.165, 1.54) is 19.1 Å². The topological polar surface area (TPSA) is 75.2 Å². The number of anilines is 1. The van der Waals surface area contributed by atoms with Crippen LogP contribution in [0.25, 0.3) is 0 Å². The Balaban J connectivity index is 0.00000304. The average molecular weight is 533 g/mol. The predicted octanol–water partition coefficient (Wildman–Crippen LogP) is 4.22. The number of fused-ring (bicyclic) bond motifs is 1. The maximum atomic E-state index is 14.6. The smallest absolute Gasteiger partial charge is 0.266 e. The van der Waals surface area contributed by atoms with Gasteiger partial charge < -0.3 is 20.5 Å². The molecule has 196 valence electrons. The first kappa shape index (κ1) is 26.4. The van der Waals surface area contributed by atoms with Crippen LogP contribution in [0.5, 0.6) is 0 Å². The molecule has 0 radical (unpaired) electrons. The van der Waals surface area contributed by atoms with Gasteiger partial charge in [-0.2, -0.15) is 0 Å². The van der Waals surface area contributed by atoms with E-state index in [-0.39, 0.29) is 48.1 Å². The highest BCUT2D eigenvalue weighted by atomic mass is 35.5. The zero-order valence-electron chi connectivity index (χ0n) is 19.2. The van der Waals surface area contributed by atoms with E-state index in [4.69, 9.17) is 0 Å². The molecule has 2 aliphatic carbocycles. The lowest BCUT2D eigenvalue weighted by molar-refractivity contribution is 0.0648. The number of hydrogen-bond donors (Lipinski definition) is 3. The van der Waals surface area contributed by atoms with E-state index >= 15 is 0 Å². The summed E-state index contributed by atoms with van der Waals surface area (Å²) in [6.07, 6.45) is -4.45. The van der Waals surface area contributed by atoms with E-state index in [1.54, 1.807) is 0 Å². The normalized spacial score (nSPS) is 24.2. The van der Waals surface area contributed by atoms with Gasteiger partial charge in [-0.05, 0) is 31.6 Å². The second-order valence-electron chi connectivity index (χ2n) is 9.62. The van der Waals surface area contributed by atoms with Gasteiger partial charge in [0, 0.05) is 37.0 Å². The summed E-state index contributed by atoms with van der Waals surface area (Å²) in [5.74, 6) is -1.17. The van der Waals surface area contributed by atoms with Crippen LogP contribution in [0, 0.1) is 17.7 Å². The van der Waals surface area contributed by atoms with Crippen LogP contribution in [0.4, 0.5) is 27.6 Å². The molecule has 36 heavy (non-hydrogen) atoms. The highest BCUT2D eigenvalue weighted by Crippen LogP contribution is 2.48. The van der Waals surface area contributed by atoms with Crippen molar-refractivity contribution >= 4 is 24.0 Å². The lowest BCUT2D eigenvalue weighted by Gasteiger charge is -2.22. The highest BCUT2D eigenvalue weighted by Gasteiger charge is 2.55. The maximum absolute atomic E-state index is 14.6. The minimum atomic E-state index is -3.02. The number of carbonyl (C=O) groups excluding carboxylic acids is 1. The lowest BCUT2D eigenvalue weighted by Crippen LogP contribution is -2.37. The molecule has 2 saturated carbocycles. The van der Waals surface area contributed by atoms with Crippen LogP contribution in [-0.2, 0) is 5.54 Å². The van der Waals surface area contributed by atoms with E-state index in [9.17, 15) is 31.5 Å². The zero-order chi connectivity index (χ0) is 25.1. The molecule has 3 fully saturated rings. The summed E-state index contributed by atoms with van der Waals surface area (Å²) < 4.78 is 69.2. The molecule has 1 aromatic heterocycles. The van der Waals surface area contributed by atoms with Crippen molar-refractivity contribution in [3.63, 3.8) is 0 Å². The third kappa shape index (κ3) is 4.47. The number of hydrogen-bond acceptors (Lipinski definition) is 4. The highest BCUT2D eigenvalue weighted by molar-refractivity contribution is 5.99. The first-order valence-corrected chi connectivity index (χ1v) is 11.5. The van der Waals surface area contributed by atoms with E-state index in [1.807, 2.05) is 0 Å². The van der Waals surface area contributed by atoms with Crippen LogP contribution >= 0.6 is 12.4 Å². The zero-order valence-corrected chi connectivity index (χ0v) is 20.1. The molecule has 1 aromatic carbocycles. The summed E-state index contributed by atoms with van der Waals surface area (Å²) in [5.41, 5.74) is -3.02. The summed E-state index contributed by atoms with van der Waals surface area (Å²) in [4.78, 5) is 26.0. The molecule has 0 spiro atoms. The molecule has 1 unspecified atom stereocenters. The largest absolute Gasteiger partial charge is 0.381 e. The van der Waals surface area contributed by atoms with Crippen molar-refractivity contribution in [2.75, 3.05) is 18.4 Å². The second kappa shape index (κ2) is 9.66. The third-order valence-electron chi connectivity index (χ3n) is 7.47. The van der Waals surface area contributed by atoms with Gasteiger partial charge in [0.25, 0.3) is 24.3 Å². The van der Waals surface area contributed by atoms with Gasteiger partial charge in [0.05, 0.1) is 22.9 Å². The molecule has 1 aliphatic heterocycles. The average Bonchev–Trinajstić information content (AvgIpc) is 3.68. The molecule has 4 atom stereocenters. The summed E-state index contributed by atoms with van der Waals surface area (Å²) in [6.45, 7) is 3.03. The second-order valence-corrected chi connectivity index (χ2v) is 9.62. The molecule has 12 heteroatoms. The van der Waals surface area contributed by atoms with Crippen molar-refractivity contribution in [3.8, 4) is 0 Å². The molecule has 6 nitrogen and oxygen atoms in total. The molecule has 2 aromatic rings. The van der Waals surface area contributed by atoms with Crippen LogP contribution in [0.1, 0.15) is 53.7 Å². The molecular formula is C24H26ClF5N4O2. The molecule has 0 bridgehead atoms. The van der Waals surface area contributed by atoms with Crippen molar-refractivity contribution in [2.45, 2.75) is 50.2 Å². The summed E-state index contributed by atoms with van der Waals surface area (Å²) in [5, 5.41) is 9.02. The van der Waals surface area contributed by atoms with Crippen LogP contribution < -0.4 is 21.5 Å². The van der Waals surface area contributed by atoms with Crippen LogP contribution in [0.3, 0.4) is 0 Å². The summed E-state index contributed by atoms with van der Waals surface area (Å²) in [6, 6.07) is 3.73. The van der Waals surface area contributed by atoms with Gasteiger partial charge in [0.2, 0.25) is 0 Å². The Bertz CT molecular complexity index is 1210. The molecule has 3 N–H and O–H groups in total. The number of rotatable bonds is 8. The van der Waals surface area contributed by atoms with Crippen molar-refractivity contribution < 1.29 is 26.7 Å². The maximum Gasteiger partial charge on any atom is 0.266 e. The molecule has 3 aliphatic rings. The minimum absolute atomic E-state index is 0. The van der Waals surface area contributed by atoms with Crippen molar-refractivity contribution in [2.24, 2.45) is 11.8 Å². The number of carbonyl (C=O) groups is 1. The van der Waals surface area contributed by atoms with Gasteiger partial charge in [-0.25, -0.2) is 22.0 Å². The molecule has 5 rings (SSSR count). The van der Waals surface area contributed by atoms with Crippen LogP contribution in [-0.4, -0.2) is 36.0 Å². The van der Waals surface area contributed by atoms with E-state index in [0.717, 1.165) is 36.0 Å². The number of alkyl halides is 4. The van der Waals surface area contributed by atoms with E-state index < -0.39 is 47.3 Å². The Morgan fingerprint density at radius 2 is 1.78 bits per heavy atom. The van der Waals surface area contributed by atoms with Gasteiger partial charge in [0.1, 0.15) is 11.4 Å². The van der Waals surface area contributed by atoms with Gasteiger partial charge >= 0.3 is 0 Å². The first-order chi connectivity index (χ1) is 16.6. The Labute approximate surface area is 210 Å². The fraction of sp³-hybridized carbons (Fsp3) is 0.500. The molecule has 2 heterocycles. The van der Waals surface area contributed by atoms with Crippen molar-refractivity contribution in [1.82, 2.24) is 15.2 Å². The first-order valence-electron chi connectivity index (χ1n) is 11.5. The van der Waals surface area contributed by atoms with Crippen LogP contribution in [0.15, 0.2) is 35.3 Å². The standard InChI is InChI=1S/C24H25F5N4O2.ClH/c1-11(12-3-2-4-13(19(12)25)21(26)27)31-22(35)16-10-33(24(5-6-24)23(28)29)18(34)7-17(16)32-20-14-8-30-9-15(14)20;/h2-4,7,10-11,14-15,20-21,23,30,32H,5-6,8-9H2,1H3,(H,31,35);1H/t11-,14-,15+,20?;/m1./s1. The summed E-state index contributed by atoms with van der Waals surface area (Å²) >= 11 is 0. The van der Waals surface area contributed by atoms with Crippen molar-refractivity contribution in [3.05, 3.63) is 63.3 Å². The number of halogens is 6. The van der Waals surface area contributed by atoms with E-state index in [2.05, 4.69) is 16.0 Å². The van der Waals surface area contributed by atoms with Gasteiger partial charge in [0.15, 0.2) is 0 Å². The number of nitrogens with zero attached hydrogens (tertiary/aromatic N) is 1. The van der Waals surface area contributed by atoms with Crippen molar-refractivity contribution in [1.29, 1.82) is 0 Å². The molecular weight excluding hydrogens is 507 g/mol. The number of pyridine rings is 1. The van der Waals surface area contributed by atoms with Gasteiger partial charge in [-0.3, -0.25) is 9.59 Å². The minimum Gasteiger partial charge on any atom is -0.381 e. The van der Waals surface area contributed by atoms with Gasteiger partial charge in [-0.1, -0.05) is 18.2 Å². The Morgan fingerprint density at radius 3 is 2.36 bits per heavy atom. The molecule has 1 saturated heterocycles. The predicted molar refractivity (Wildman–Crippen MR) is 126 cm³/mol. The monoisotopic (exact) mass is 532 g/mol. The van der Waals surface area contributed by atoms with E-state index in [0.29, 0.717) is 11.8 Å². The summed E-state index contributed by atoms with van der Waals surface area (Å²) in [7, 11) is 0. The Kier molecular flexibility index (Phi) is 7.09. The number of amides is 1. The van der Waals surface area contributed by atoms with Gasteiger partial charge in [-0.15, -0.1) is 12.4 Å². The van der Waals surface area contributed by atoms with Crippen LogP contribution in [0.2, 0.25) is 0 Å². The Hall–Kier alpha value is -2.66. The number of piperidine rings is 1. The number of aromatic nitrogens is 1. The fourth-order valence-corrected chi connectivity index (χ4v) is 5.11. The lowest BCUT2D eigenvalue weighted by atomic mass is 10.0. The Morgan fingerprint density at radius 1 is 1.14 bits per heavy atom. The molecule has 1 amide bonds.